The van der Waals surface area contributed by atoms with E-state index in [0.717, 1.165) is 6.42 Å². The summed E-state index contributed by atoms with van der Waals surface area (Å²) in [7, 11) is 0. The van der Waals surface area contributed by atoms with Crippen molar-refractivity contribution in [3.8, 4) is 0 Å². The molecule has 0 saturated carbocycles. The SMILES string of the molecule is Cc1cc(I)cc2c1NC(c1ccc(F)cc1)C1CC=CC21. The minimum absolute atomic E-state index is 0.174. The zero-order valence-electron chi connectivity index (χ0n) is 12.3. The van der Waals surface area contributed by atoms with Crippen LogP contribution in [0.1, 0.15) is 35.1 Å². The van der Waals surface area contributed by atoms with Crippen molar-refractivity contribution in [2.75, 3.05) is 5.32 Å². The Morgan fingerprint density at radius 2 is 1.95 bits per heavy atom. The molecule has 0 fully saturated rings. The maximum atomic E-state index is 13.2. The van der Waals surface area contributed by atoms with Gasteiger partial charge < -0.3 is 5.32 Å². The standard InChI is InChI=1S/C19H17FIN/c1-11-9-14(21)10-17-15-3-2-4-16(15)19(22-18(11)17)12-5-7-13(20)8-6-12/h2-3,5-10,15-16,19,22H,4H2,1H3. The number of nitrogens with one attached hydrogen (secondary N) is 1. The molecule has 0 radical (unpaired) electrons. The summed E-state index contributed by atoms with van der Waals surface area (Å²) in [6, 6.07) is 11.7. The molecule has 0 aromatic heterocycles. The summed E-state index contributed by atoms with van der Waals surface area (Å²) in [6.45, 7) is 2.16. The van der Waals surface area contributed by atoms with Crippen LogP contribution in [0.25, 0.3) is 0 Å². The van der Waals surface area contributed by atoms with Crippen LogP contribution in [-0.2, 0) is 0 Å². The topological polar surface area (TPSA) is 12.0 Å². The second-order valence-corrected chi connectivity index (χ2v) is 7.46. The molecule has 3 atom stereocenters. The lowest BCUT2D eigenvalue weighted by Gasteiger charge is -2.38. The molecule has 1 N–H and O–H groups in total. The predicted octanol–water partition coefficient (Wildman–Crippen LogP) is 5.57. The van der Waals surface area contributed by atoms with E-state index >= 15 is 0 Å². The number of hydrogen-bond acceptors (Lipinski definition) is 1. The number of halogens is 2. The first kappa shape index (κ1) is 14.2. The molecular weight excluding hydrogens is 388 g/mol. The van der Waals surface area contributed by atoms with Crippen LogP contribution >= 0.6 is 22.6 Å². The molecule has 2 aromatic rings. The molecule has 22 heavy (non-hydrogen) atoms. The number of allylic oxidation sites excluding steroid dienone is 2. The molecule has 2 aliphatic rings. The number of anilines is 1. The van der Waals surface area contributed by atoms with E-state index in [0.29, 0.717) is 11.8 Å². The van der Waals surface area contributed by atoms with Gasteiger partial charge in [0.25, 0.3) is 0 Å². The van der Waals surface area contributed by atoms with Crippen LogP contribution in [0.5, 0.6) is 0 Å². The van der Waals surface area contributed by atoms with Crippen molar-refractivity contribution in [2.24, 2.45) is 5.92 Å². The Balaban J connectivity index is 1.82. The van der Waals surface area contributed by atoms with E-state index in [-0.39, 0.29) is 11.9 Å². The van der Waals surface area contributed by atoms with Gasteiger partial charge in [0, 0.05) is 15.2 Å². The Labute approximate surface area is 143 Å². The van der Waals surface area contributed by atoms with E-state index in [4.69, 9.17) is 0 Å². The molecule has 1 heterocycles. The fourth-order valence-electron chi connectivity index (χ4n) is 3.84. The first-order valence-corrected chi connectivity index (χ1v) is 8.70. The van der Waals surface area contributed by atoms with E-state index in [1.807, 2.05) is 12.1 Å². The maximum absolute atomic E-state index is 13.2. The third-order valence-electron chi connectivity index (χ3n) is 4.86. The van der Waals surface area contributed by atoms with Crippen molar-refractivity contribution in [1.29, 1.82) is 0 Å². The number of benzene rings is 2. The summed E-state index contributed by atoms with van der Waals surface area (Å²) in [5.74, 6) is 0.794. The van der Waals surface area contributed by atoms with Crippen molar-refractivity contribution < 1.29 is 4.39 Å². The van der Waals surface area contributed by atoms with E-state index < -0.39 is 0 Å². The Morgan fingerprint density at radius 1 is 1.18 bits per heavy atom. The van der Waals surface area contributed by atoms with Crippen molar-refractivity contribution >= 4 is 28.3 Å². The largest absolute Gasteiger partial charge is 0.377 e. The van der Waals surface area contributed by atoms with Crippen LogP contribution in [0.3, 0.4) is 0 Å². The maximum Gasteiger partial charge on any atom is 0.123 e. The van der Waals surface area contributed by atoms with Gasteiger partial charge in [0.05, 0.1) is 6.04 Å². The fourth-order valence-corrected chi connectivity index (χ4v) is 4.64. The number of aryl methyl sites for hydroxylation is 1. The average molecular weight is 405 g/mol. The molecular formula is C19H17FIN. The Bertz CT molecular complexity index is 751. The van der Waals surface area contributed by atoms with Crippen molar-refractivity contribution in [1.82, 2.24) is 0 Å². The molecule has 3 unspecified atom stereocenters. The van der Waals surface area contributed by atoms with Crippen molar-refractivity contribution in [3.63, 3.8) is 0 Å². The van der Waals surface area contributed by atoms with Gasteiger partial charge in [-0.2, -0.15) is 0 Å². The fraction of sp³-hybridized carbons (Fsp3) is 0.263. The summed E-state index contributed by atoms with van der Waals surface area (Å²) in [4.78, 5) is 0. The Kier molecular flexibility index (Phi) is 3.48. The Hall–Kier alpha value is -1.36. The van der Waals surface area contributed by atoms with Gasteiger partial charge in [-0.15, -0.1) is 0 Å². The zero-order chi connectivity index (χ0) is 15.3. The summed E-state index contributed by atoms with van der Waals surface area (Å²) < 4.78 is 14.5. The van der Waals surface area contributed by atoms with Gasteiger partial charge in [-0.1, -0.05) is 24.3 Å². The van der Waals surface area contributed by atoms with Crippen molar-refractivity contribution in [2.45, 2.75) is 25.3 Å². The first-order valence-electron chi connectivity index (χ1n) is 7.62. The number of fused-ring (bicyclic) bond motifs is 3. The van der Waals surface area contributed by atoms with Crippen LogP contribution in [0.4, 0.5) is 10.1 Å². The molecule has 1 aliphatic carbocycles. The van der Waals surface area contributed by atoms with Crippen LogP contribution < -0.4 is 5.32 Å². The third-order valence-corrected chi connectivity index (χ3v) is 5.48. The monoisotopic (exact) mass is 405 g/mol. The van der Waals surface area contributed by atoms with Gasteiger partial charge in [-0.3, -0.25) is 0 Å². The van der Waals surface area contributed by atoms with E-state index in [1.54, 1.807) is 12.1 Å². The van der Waals surface area contributed by atoms with Crippen LogP contribution in [0, 0.1) is 22.2 Å². The first-order chi connectivity index (χ1) is 10.6. The minimum Gasteiger partial charge on any atom is -0.377 e. The summed E-state index contributed by atoms with van der Waals surface area (Å²) in [6.07, 6.45) is 5.71. The molecule has 0 saturated heterocycles. The van der Waals surface area contributed by atoms with E-state index in [1.165, 1.54) is 25.9 Å². The molecule has 0 amide bonds. The van der Waals surface area contributed by atoms with Gasteiger partial charge in [-0.25, -0.2) is 4.39 Å². The van der Waals surface area contributed by atoms with Crippen LogP contribution in [0.15, 0.2) is 48.6 Å². The highest BCUT2D eigenvalue weighted by molar-refractivity contribution is 14.1. The lowest BCUT2D eigenvalue weighted by molar-refractivity contribution is 0.424. The summed E-state index contributed by atoms with van der Waals surface area (Å²) in [5, 5.41) is 3.73. The molecule has 4 rings (SSSR count). The minimum atomic E-state index is -0.174. The van der Waals surface area contributed by atoms with E-state index in [9.17, 15) is 4.39 Å². The number of hydrogen-bond donors (Lipinski definition) is 1. The summed E-state index contributed by atoms with van der Waals surface area (Å²) >= 11 is 2.39. The van der Waals surface area contributed by atoms with Crippen molar-refractivity contribution in [3.05, 3.63) is 74.6 Å². The van der Waals surface area contributed by atoms with Gasteiger partial charge in [0.15, 0.2) is 0 Å². The normalized spacial score (nSPS) is 25.5. The molecule has 112 valence electrons. The number of rotatable bonds is 1. The van der Waals surface area contributed by atoms with Gasteiger partial charge in [0.1, 0.15) is 5.82 Å². The van der Waals surface area contributed by atoms with E-state index in [2.05, 4.69) is 59.1 Å². The molecule has 3 heteroatoms. The predicted molar refractivity (Wildman–Crippen MR) is 96.6 cm³/mol. The Morgan fingerprint density at radius 3 is 2.73 bits per heavy atom. The van der Waals surface area contributed by atoms with Gasteiger partial charge >= 0.3 is 0 Å². The molecule has 1 nitrogen and oxygen atoms in total. The smallest absolute Gasteiger partial charge is 0.123 e. The molecule has 2 aromatic carbocycles. The lowest BCUT2D eigenvalue weighted by Crippen LogP contribution is -2.29. The second-order valence-electron chi connectivity index (χ2n) is 6.21. The van der Waals surface area contributed by atoms with Crippen LogP contribution in [-0.4, -0.2) is 0 Å². The summed E-state index contributed by atoms with van der Waals surface area (Å²) in [5.41, 5.74) is 5.11. The molecule has 0 spiro atoms. The molecule has 1 aliphatic heterocycles. The lowest BCUT2D eigenvalue weighted by atomic mass is 9.76. The second kappa shape index (κ2) is 5.37. The highest BCUT2D eigenvalue weighted by Crippen LogP contribution is 2.50. The van der Waals surface area contributed by atoms with Gasteiger partial charge in [-0.05, 0) is 82.8 Å². The quantitative estimate of drug-likeness (QED) is 0.484. The highest BCUT2D eigenvalue weighted by Gasteiger charge is 2.38. The zero-order valence-corrected chi connectivity index (χ0v) is 14.5. The third kappa shape index (κ3) is 2.26. The highest BCUT2D eigenvalue weighted by atomic mass is 127. The molecule has 0 bridgehead atoms. The van der Waals surface area contributed by atoms with Crippen LogP contribution in [0.2, 0.25) is 0 Å². The average Bonchev–Trinajstić information content (AvgIpc) is 2.97. The van der Waals surface area contributed by atoms with Gasteiger partial charge in [0.2, 0.25) is 0 Å².